The Morgan fingerprint density at radius 3 is 2.88 bits per heavy atom. The lowest BCUT2D eigenvalue weighted by atomic mass is 9.98. The largest absolute Gasteiger partial charge is 0.312 e. The molecule has 0 unspecified atom stereocenters. The summed E-state index contributed by atoms with van der Waals surface area (Å²) in [5.74, 6) is 0. The molecule has 1 aromatic rings. The van der Waals surface area contributed by atoms with Gasteiger partial charge < -0.3 is 5.32 Å². The lowest BCUT2D eigenvalue weighted by Crippen LogP contribution is -2.26. The van der Waals surface area contributed by atoms with Crippen LogP contribution in [-0.2, 0) is 19.5 Å². The van der Waals surface area contributed by atoms with Gasteiger partial charge in [0.2, 0.25) is 0 Å². The summed E-state index contributed by atoms with van der Waals surface area (Å²) < 4.78 is 0. The fourth-order valence-corrected chi connectivity index (χ4v) is 2.10. The molecule has 0 aliphatic carbocycles. The van der Waals surface area contributed by atoms with Gasteiger partial charge in [-0.2, -0.15) is 0 Å². The minimum atomic E-state index is 0.606. The number of nitrogens with one attached hydrogen (secondary N) is 1. The van der Waals surface area contributed by atoms with E-state index in [0.29, 0.717) is 6.04 Å². The molecule has 1 aliphatic heterocycles. The molecule has 1 N–H and O–H groups in total. The molecule has 0 bridgehead atoms. The number of rotatable bonds is 3. The summed E-state index contributed by atoms with van der Waals surface area (Å²) in [6.07, 6.45) is 1.18. The van der Waals surface area contributed by atoms with E-state index in [1.807, 2.05) is 0 Å². The minimum absolute atomic E-state index is 0.606. The molecule has 0 saturated carbocycles. The summed E-state index contributed by atoms with van der Waals surface area (Å²) in [5.41, 5.74) is 4.44. The van der Waals surface area contributed by atoms with Crippen LogP contribution in [0.4, 0.5) is 0 Å². The Balaban J connectivity index is 2.11. The molecule has 0 radical (unpaired) electrons. The van der Waals surface area contributed by atoms with E-state index in [9.17, 15) is 0 Å². The quantitative estimate of drug-likeness (QED) is 0.836. The second-order valence-corrected chi connectivity index (χ2v) is 5.04. The van der Waals surface area contributed by atoms with E-state index >= 15 is 0 Å². The van der Waals surface area contributed by atoms with Crippen LogP contribution in [0.5, 0.6) is 0 Å². The molecule has 0 aromatic heterocycles. The average molecular weight is 218 g/mol. The zero-order valence-corrected chi connectivity index (χ0v) is 10.6. The van der Waals surface area contributed by atoms with E-state index in [1.165, 1.54) is 23.1 Å². The lowest BCUT2D eigenvalue weighted by Gasteiger charge is -2.23. The van der Waals surface area contributed by atoms with Gasteiger partial charge in [-0.15, -0.1) is 0 Å². The van der Waals surface area contributed by atoms with Crippen molar-refractivity contribution in [3.05, 3.63) is 34.9 Å². The van der Waals surface area contributed by atoms with Gasteiger partial charge in [-0.1, -0.05) is 18.2 Å². The summed E-state index contributed by atoms with van der Waals surface area (Å²) >= 11 is 0. The summed E-state index contributed by atoms with van der Waals surface area (Å²) in [6, 6.07) is 7.55. The van der Waals surface area contributed by atoms with Crippen molar-refractivity contribution in [1.82, 2.24) is 10.2 Å². The summed E-state index contributed by atoms with van der Waals surface area (Å²) in [4.78, 5) is 2.37. The Labute approximate surface area is 98.7 Å². The van der Waals surface area contributed by atoms with E-state index in [4.69, 9.17) is 0 Å². The molecule has 0 spiro atoms. The minimum Gasteiger partial charge on any atom is -0.312 e. The molecule has 0 atom stereocenters. The van der Waals surface area contributed by atoms with Gasteiger partial charge in [0.15, 0.2) is 0 Å². The van der Waals surface area contributed by atoms with Gasteiger partial charge >= 0.3 is 0 Å². The highest BCUT2D eigenvalue weighted by Crippen LogP contribution is 2.17. The summed E-state index contributed by atoms with van der Waals surface area (Å²) in [5, 5.41) is 3.43. The topological polar surface area (TPSA) is 15.3 Å². The SMILES string of the molecule is CC(C)N(C)Cc1ccc2c(c1)CNCC2. The molecule has 1 heterocycles. The van der Waals surface area contributed by atoms with E-state index in [-0.39, 0.29) is 0 Å². The van der Waals surface area contributed by atoms with Crippen LogP contribution in [0.3, 0.4) is 0 Å². The third-order valence-corrected chi connectivity index (χ3v) is 3.47. The van der Waals surface area contributed by atoms with E-state index < -0.39 is 0 Å². The third kappa shape index (κ3) is 2.63. The van der Waals surface area contributed by atoms with Gasteiger partial charge in [-0.3, -0.25) is 4.90 Å². The highest BCUT2D eigenvalue weighted by molar-refractivity contribution is 5.33. The number of hydrogen-bond acceptors (Lipinski definition) is 2. The Kier molecular flexibility index (Phi) is 3.62. The van der Waals surface area contributed by atoms with E-state index in [2.05, 4.69) is 49.3 Å². The molecule has 0 fully saturated rings. The fourth-order valence-electron chi connectivity index (χ4n) is 2.10. The van der Waals surface area contributed by atoms with Crippen molar-refractivity contribution in [2.75, 3.05) is 13.6 Å². The van der Waals surface area contributed by atoms with Crippen LogP contribution in [0.2, 0.25) is 0 Å². The number of nitrogens with zero attached hydrogens (tertiary/aromatic N) is 1. The van der Waals surface area contributed by atoms with E-state index in [1.54, 1.807) is 0 Å². The zero-order chi connectivity index (χ0) is 11.5. The Morgan fingerprint density at radius 2 is 2.12 bits per heavy atom. The fraction of sp³-hybridized carbons (Fsp3) is 0.571. The van der Waals surface area contributed by atoms with Crippen molar-refractivity contribution in [3.63, 3.8) is 0 Å². The van der Waals surface area contributed by atoms with Gasteiger partial charge in [-0.25, -0.2) is 0 Å². The standard InChI is InChI=1S/C14H22N2/c1-11(2)16(3)10-12-4-5-13-6-7-15-9-14(13)8-12/h4-5,8,11,15H,6-7,9-10H2,1-3H3. The molecule has 2 rings (SSSR count). The molecule has 2 heteroatoms. The van der Waals surface area contributed by atoms with Crippen molar-refractivity contribution >= 4 is 0 Å². The molecule has 2 nitrogen and oxygen atoms in total. The predicted octanol–water partition coefficient (Wildman–Crippen LogP) is 2.17. The van der Waals surface area contributed by atoms with Crippen molar-refractivity contribution in [2.24, 2.45) is 0 Å². The third-order valence-electron chi connectivity index (χ3n) is 3.47. The van der Waals surface area contributed by atoms with Gasteiger partial charge in [0.05, 0.1) is 0 Å². The van der Waals surface area contributed by atoms with Crippen LogP contribution in [0.1, 0.15) is 30.5 Å². The normalized spacial score (nSPS) is 15.6. The Morgan fingerprint density at radius 1 is 1.31 bits per heavy atom. The first-order valence-electron chi connectivity index (χ1n) is 6.18. The molecule has 16 heavy (non-hydrogen) atoms. The summed E-state index contributed by atoms with van der Waals surface area (Å²) in [7, 11) is 2.18. The van der Waals surface area contributed by atoms with Crippen LogP contribution in [0.15, 0.2) is 18.2 Å². The van der Waals surface area contributed by atoms with Crippen LogP contribution in [0.25, 0.3) is 0 Å². The van der Waals surface area contributed by atoms with E-state index in [0.717, 1.165) is 19.6 Å². The number of fused-ring (bicyclic) bond motifs is 1. The first-order valence-corrected chi connectivity index (χ1v) is 6.18. The van der Waals surface area contributed by atoms with Crippen molar-refractivity contribution in [1.29, 1.82) is 0 Å². The molecule has 0 saturated heterocycles. The van der Waals surface area contributed by atoms with Crippen molar-refractivity contribution < 1.29 is 0 Å². The van der Waals surface area contributed by atoms with Crippen molar-refractivity contribution in [2.45, 2.75) is 39.4 Å². The monoisotopic (exact) mass is 218 g/mol. The maximum Gasteiger partial charge on any atom is 0.0233 e. The molecule has 1 aliphatic rings. The average Bonchev–Trinajstić information content (AvgIpc) is 2.28. The molecule has 0 amide bonds. The second kappa shape index (κ2) is 4.98. The first kappa shape index (κ1) is 11.6. The van der Waals surface area contributed by atoms with Crippen LogP contribution in [0, 0.1) is 0 Å². The predicted molar refractivity (Wildman–Crippen MR) is 68.5 cm³/mol. The molecule has 88 valence electrons. The van der Waals surface area contributed by atoms with Gasteiger partial charge in [0.1, 0.15) is 0 Å². The van der Waals surface area contributed by atoms with Gasteiger partial charge in [-0.05, 0) is 50.6 Å². The molecular weight excluding hydrogens is 196 g/mol. The number of benzene rings is 1. The summed E-state index contributed by atoms with van der Waals surface area (Å²) in [6.45, 7) is 7.68. The molecule has 1 aromatic carbocycles. The number of hydrogen-bond donors (Lipinski definition) is 1. The highest BCUT2D eigenvalue weighted by atomic mass is 15.1. The van der Waals surface area contributed by atoms with Gasteiger partial charge in [0.25, 0.3) is 0 Å². The smallest absolute Gasteiger partial charge is 0.0233 e. The lowest BCUT2D eigenvalue weighted by molar-refractivity contribution is 0.265. The molecular formula is C14H22N2. The Bertz CT molecular complexity index is 358. The maximum absolute atomic E-state index is 3.43. The van der Waals surface area contributed by atoms with Gasteiger partial charge in [0, 0.05) is 19.1 Å². The highest BCUT2D eigenvalue weighted by Gasteiger charge is 2.10. The first-order chi connectivity index (χ1) is 7.66. The maximum atomic E-state index is 3.43. The van der Waals surface area contributed by atoms with Crippen molar-refractivity contribution in [3.8, 4) is 0 Å². The van der Waals surface area contributed by atoms with Crippen LogP contribution < -0.4 is 5.32 Å². The van der Waals surface area contributed by atoms with Crippen LogP contribution >= 0.6 is 0 Å². The Hall–Kier alpha value is -0.860. The zero-order valence-electron chi connectivity index (χ0n) is 10.6. The van der Waals surface area contributed by atoms with Crippen LogP contribution in [-0.4, -0.2) is 24.5 Å². The second-order valence-electron chi connectivity index (χ2n) is 5.04.